The van der Waals surface area contributed by atoms with Crippen LogP contribution in [0.25, 0.3) is 0 Å². The summed E-state index contributed by atoms with van der Waals surface area (Å²) >= 11 is 1.83. The number of aryl methyl sites for hydroxylation is 1. The highest BCUT2D eigenvalue weighted by Gasteiger charge is 1.98. The molecule has 0 saturated heterocycles. The second-order valence-corrected chi connectivity index (χ2v) is 5.63. The van der Waals surface area contributed by atoms with Gasteiger partial charge in [-0.2, -0.15) is 11.8 Å². The molecule has 1 aromatic carbocycles. The zero-order valence-corrected chi connectivity index (χ0v) is 16.9. The minimum atomic E-state index is 0. The highest BCUT2D eigenvalue weighted by molar-refractivity contribution is 14.0. The molecule has 22 heavy (non-hydrogen) atoms. The van der Waals surface area contributed by atoms with Crippen LogP contribution < -0.4 is 15.4 Å². The van der Waals surface area contributed by atoms with Gasteiger partial charge in [0.05, 0.1) is 6.61 Å². The molecule has 0 aromatic heterocycles. The summed E-state index contributed by atoms with van der Waals surface area (Å²) in [7, 11) is 0. The van der Waals surface area contributed by atoms with Crippen molar-refractivity contribution in [2.45, 2.75) is 20.3 Å². The second-order valence-electron chi connectivity index (χ2n) is 4.65. The van der Waals surface area contributed by atoms with Gasteiger partial charge in [0.25, 0.3) is 0 Å². The molecule has 0 radical (unpaired) electrons. The number of guanidine groups is 1. The van der Waals surface area contributed by atoms with Gasteiger partial charge in [0.2, 0.25) is 0 Å². The first-order chi connectivity index (χ1) is 10.3. The van der Waals surface area contributed by atoms with Gasteiger partial charge in [0, 0.05) is 31.8 Å². The molecule has 0 saturated carbocycles. The summed E-state index contributed by atoms with van der Waals surface area (Å²) < 4.78 is 5.76. The number of rotatable bonds is 9. The Hall–Kier alpha value is -0.630. The molecule has 0 aliphatic heterocycles. The van der Waals surface area contributed by atoms with Crippen molar-refractivity contribution in [2.75, 3.05) is 38.2 Å². The number of benzene rings is 1. The molecule has 0 aliphatic rings. The van der Waals surface area contributed by atoms with Crippen molar-refractivity contribution in [3.8, 4) is 5.75 Å². The third kappa shape index (κ3) is 9.40. The fourth-order valence-corrected chi connectivity index (χ4v) is 2.08. The van der Waals surface area contributed by atoms with Gasteiger partial charge < -0.3 is 15.4 Å². The van der Waals surface area contributed by atoms with Crippen molar-refractivity contribution in [1.29, 1.82) is 0 Å². The quantitative estimate of drug-likeness (QED) is 0.269. The lowest BCUT2D eigenvalue weighted by Gasteiger charge is -2.11. The van der Waals surface area contributed by atoms with Crippen LogP contribution in [-0.2, 0) is 0 Å². The maximum atomic E-state index is 5.76. The molecule has 0 amide bonds. The minimum Gasteiger partial charge on any atom is -0.493 e. The molecule has 1 aromatic rings. The molecular weight excluding hydrogens is 409 g/mol. The molecule has 0 spiro atoms. The smallest absolute Gasteiger partial charge is 0.191 e. The number of aliphatic imine (C=N–C) groups is 1. The number of thioether (sulfide) groups is 1. The van der Waals surface area contributed by atoms with Crippen molar-refractivity contribution in [2.24, 2.45) is 4.99 Å². The van der Waals surface area contributed by atoms with Gasteiger partial charge >= 0.3 is 0 Å². The Morgan fingerprint density at radius 3 is 2.73 bits per heavy atom. The number of hydrogen-bond acceptors (Lipinski definition) is 3. The van der Waals surface area contributed by atoms with Crippen LogP contribution in [0.2, 0.25) is 0 Å². The molecule has 0 fully saturated rings. The van der Waals surface area contributed by atoms with Gasteiger partial charge in [-0.15, -0.1) is 24.0 Å². The SMILES string of the molecule is CCNC(=NCCCOc1ccccc1C)NCCSC.I. The van der Waals surface area contributed by atoms with Crippen LogP contribution in [0.1, 0.15) is 18.9 Å². The molecule has 0 aliphatic carbocycles. The molecule has 2 N–H and O–H groups in total. The van der Waals surface area contributed by atoms with E-state index >= 15 is 0 Å². The molecule has 0 heterocycles. The Morgan fingerprint density at radius 2 is 2.05 bits per heavy atom. The zero-order chi connectivity index (χ0) is 15.3. The third-order valence-corrected chi connectivity index (χ3v) is 3.48. The van der Waals surface area contributed by atoms with Crippen molar-refractivity contribution in [3.63, 3.8) is 0 Å². The predicted octanol–water partition coefficient (Wildman–Crippen LogP) is 3.30. The van der Waals surface area contributed by atoms with E-state index in [9.17, 15) is 0 Å². The number of halogens is 1. The first-order valence-electron chi connectivity index (χ1n) is 7.47. The maximum absolute atomic E-state index is 5.76. The van der Waals surface area contributed by atoms with Crippen LogP contribution in [0.5, 0.6) is 5.75 Å². The lowest BCUT2D eigenvalue weighted by atomic mass is 10.2. The van der Waals surface area contributed by atoms with E-state index in [1.165, 1.54) is 5.56 Å². The fourth-order valence-electron chi connectivity index (χ4n) is 1.77. The van der Waals surface area contributed by atoms with Gasteiger partial charge in [0.15, 0.2) is 5.96 Å². The summed E-state index contributed by atoms with van der Waals surface area (Å²) in [6, 6.07) is 8.09. The van der Waals surface area contributed by atoms with Crippen molar-refractivity contribution in [1.82, 2.24) is 10.6 Å². The molecule has 1 rings (SSSR count). The molecule has 0 atom stereocenters. The van der Waals surface area contributed by atoms with Crippen molar-refractivity contribution in [3.05, 3.63) is 29.8 Å². The molecule has 4 nitrogen and oxygen atoms in total. The average molecular weight is 437 g/mol. The summed E-state index contributed by atoms with van der Waals surface area (Å²) in [5, 5.41) is 6.56. The molecule has 6 heteroatoms. The first-order valence-corrected chi connectivity index (χ1v) is 8.86. The zero-order valence-electron chi connectivity index (χ0n) is 13.7. The van der Waals surface area contributed by atoms with Crippen LogP contribution >= 0.6 is 35.7 Å². The summed E-state index contributed by atoms with van der Waals surface area (Å²) in [5.74, 6) is 2.94. The Labute approximate surface area is 155 Å². The topological polar surface area (TPSA) is 45.7 Å². The van der Waals surface area contributed by atoms with Crippen molar-refractivity contribution < 1.29 is 4.74 Å². The van der Waals surface area contributed by atoms with Crippen molar-refractivity contribution >= 4 is 41.7 Å². The minimum absolute atomic E-state index is 0. The van der Waals surface area contributed by atoms with Crippen LogP contribution in [0.15, 0.2) is 29.3 Å². The van der Waals surface area contributed by atoms with Gasteiger partial charge in [-0.3, -0.25) is 4.99 Å². The van der Waals surface area contributed by atoms with Gasteiger partial charge in [-0.05, 0) is 31.7 Å². The van der Waals surface area contributed by atoms with Gasteiger partial charge in [-0.25, -0.2) is 0 Å². The van der Waals surface area contributed by atoms with E-state index in [-0.39, 0.29) is 24.0 Å². The summed E-state index contributed by atoms with van der Waals surface area (Å²) in [4.78, 5) is 4.54. The van der Waals surface area contributed by atoms with Gasteiger partial charge in [-0.1, -0.05) is 18.2 Å². The fraction of sp³-hybridized carbons (Fsp3) is 0.562. The Bertz CT molecular complexity index is 430. The van der Waals surface area contributed by atoms with E-state index < -0.39 is 0 Å². The Balaban J connectivity index is 0.00000441. The summed E-state index contributed by atoms with van der Waals surface area (Å²) in [6.45, 7) is 7.41. The molecule has 126 valence electrons. The highest BCUT2D eigenvalue weighted by atomic mass is 127. The number of nitrogens with zero attached hydrogens (tertiary/aromatic N) is 1. The molecule has 0 bridgehead atoms. The van der Waals surface area contributed by atoms with Crippen LogP contribution in [-0.4, -0.2) is 44.2 Å². The second kappa shape index (κ2) is 14.0. The summed E-state index contributed by atoms with van der Waals surface area (Å²) in [5.41, 5.74) is 1.17. The third-order valence-electron chi connectivity index (χ3n) is 2.87. The number of ether oxygens (including phenoxy) is 1. The normalized spacial score (nSPS) is 10.8. The van der Waals surface area contributed by atoms with Crippen LogP contribution in [0.3, 0.4) is 0 Å². The Kier molecular flexibility index (Phi) is 13.6. The number of hydrogen-bond donors (Lipinski definition) is 2. The highest BCUT2D eigenvalue weighted by Crippen LogP contribution is 2.15. The van der Waals surface area contributed by atoms with E-state index in [1.807, 2.05) is 30.0 Å². The molecular formula is C16H28IN3OS. The average Bonchev–Trinajstić information content (AvgIpc) is 2.49. The lowest BCUT2D eigenvalue weighted by molar-refractivity contribution is 0.311. The first kappa shape index (κ1) is 21.4. The van der Waals surface area contributed by atoms with Crippen LogP contribution in [0, 0.1) is 6.92 Å². The van der Waals surface area contributed by atoms with E-state index in [2.05, 4.69) is 41.8 Å². The van der Waals surface area contributed by atoms with Gasteiger partial charge in [0.1, 0.15) is 5.75 Å². The van der Waals surface area contributed by atoms with E-state index in [0.717, 1.165) is 43.5 Å². The maximum Gasteiger partial charge on any atom is 0.191 e. The number of para-hydroxylation sites is 1. The largest absolute Gasteiger partial charge is 0.493 e. The Morgan fingerprint density at radius 1 is 1.27 bits per heavy atom. The molecule has 0 unspecified atom stereocenters. The standard InChI is InChI=1S/C16H27N3OS.HI/c1-4-17-16(19-11-13-21-3)18-10-7-12-20-15-9-6-5-8-14(15)2;/h5-6,8-9H,4,7,10-13H2,1-3H3,(H2,17,18,19);1H. The lowest BCUT2D eigenvalue weighted by Crippen LogP contribution is -2.38. The van der Waals surface area contributed by atoms with E-state index in [1.54, 1.807) is 0 Å². The summed E-state index contributed by atoms with van der Waals surface area (Å²) in [6.07, 6.45) is 3.02. The predicted molar refractivity (Wildman–Crippen MR) is 109 cm³/mol. The monoisotopic (exact) mass is 437 g/mol. The van der Waals surface area contributed by atoms with Crippen LogP contribution in [0.4, 0.5) is 0 Å². The van der Waals surface area contributed by atoms with E-state index in [0.29, 0.717) is 6.61 Å². The number of nitrogens with one attached hydrogen (secondary N) is 2. The van der Waals surface area contributed by atoms with E-state index in [4.69, 9.17) is 4.74 Å².